The smallest absolute Gasteiger partial charge is 0.119 e. The van der Waals surface area contributed by atoms with Gasteiger partial charge in [-0.15, -0.1) is 23.1 Å². The highest BCUT2D eigenvalue weighted by atomic mass is 32.2. The molecule has 0 radical (unpaired) electrons. The van der Waals surface area contributed by atoms with E-state index >= 15 is 0 Å². The van der Waals surface area contributed by atoms with Crippen LogP contribution in [0.4, 0.5) is 0 Å². The maximum absolute atomic E-state index is 5.30. The van der Waals surface area contributed by atoms with Gasteiger partial charge in [0.15, 0.2) is 0 Å². The van der Waals surface area contributed by atoms with Gasteiger partial charge in [-0.1, -0.05) is 25.1 Å². The molecular formula is C15H19NOS2. The molecule has 0 fully saturated rings. The van der Waals surface area contributed by atoms with E-state index in [0.717, 1.165) is 18.0 Å². The van der Waals surface area contributed by atoms with Crippen molar-refractivity contribution in [2.24, 2.45) is 0 Å². The number of nitrogens with one attached hydrogen (secondary N) is 1. The first-order valence-electron chi connectivity index (χ1n) is 6.37. The number of thiophene rings is 1. The Hall–Kier alpha value is -0.970. The Labute approximate surface area is 123 Å². The molecule has 19 heavy (non-hydrogen) atoms. The Bertz CT molecular complexity index is 485. The van der Waals surface area contributed by atoms with Crippen LogP contribution < -0.4 is 10.1 Å². The molecule has 0 amide bonds. The summed E-state index contributed by atoms with van der Waals surface area (Å²) in [5.74, 6) is 1.95. The predicted octanol–water partition coefficient (Wildman–Crippen LogP) is 4.20. The van der Waals surface area contributed by atoms with Crippen LogP contribution in [0.15, 0.2) is 46.0 Å². The summed E-state index contributed by atoms with van der Waals surface area (Å²) in [5, 5.41) is 5.66. The molecule has 0 saturated carbocycles. The maximum Gasteiger partial charge on any atom is 0.119 e. The van der Waals surface area contributed by atoms with E-state index in [2.05, 4.69) is 41.9 Å². The lowest BCUT2D eigenvalue weighted by molar-refractivity contribution is 0.413. The van der Waals surface area contributed by atoms with Crippen molar-refractivity contribution in [2.75, 3.05) is 19.4 Å². The van der Waals surface area contributed by atoms with Crippen molar-refractivity contribution in [3.8, 4) is 5.75 Å². The number of methoxy groups -OCH3 is 1. The zero-order chi connectivity index (χ0) is 13.5. The highest BCUT2D eigenvalue weighted by Crippen LogP contribution is 2.29. The van der Waals surface area contributed by atoms with Gasteiger partial charge in [-0.25, -0.2) is 0 Å². The molecular weight excluding hydrogens is 274 g/mol. The van der Waals surface area contributed by atoms with E-state index < -0.39 is 0 Å². The van der Waals surface area contributed by atoms with Gasteiger partial charge >= 0.3 is 0 Å². The van der Waals surface area contributed by atoms with Gasteiger partial charge in [-0.3, -0.25) is 0 Å². The normalized spacial score (nSPS) is 12.3. The molecule has 0 spiro atoms. The molecule has 102 valence electrons. The largest absolute Gasteiger partial charge is 0.497 e. The monoisotopic (exact) mass is 293 g/mol. The summed E-state index contributed by atoms with van der Waals surface area (Å²) in [6, 6.07) is 12.9. The summed E-state index contributed by atoms with van der Waals surface area (Å²) < 4.78 is 6.67. The molecule has 0 aliphatic heterocycles. The highest BCUT2D eigenvalue weighted by Gasteiger charge is 2.11. The molecule has 4 heteroatoms. The van der Waals surface area contributed by atoms with Crippen molar-refractivity contribution < 1.29 is 4.74 Å². The van der Waals surface area contributed by atoms with Crippen molar-refractivity contribution in [2.45, 2.75) is 17.2 Å². The van der Waals surface area contributed by atoms with Crippen LogP contribution in [0.3, 0.4) is 0 Å². The van der Waals surface area contributed by atoms with Crippen LogP contribution >= 0.6 is 23.1 Å². The third kappa shape index (κ3) is 4.27. The van der Waals surface area contributed by atoms with Crippen LogP contribution in [0, 0.1) is 0 Å². The third-order valence-electron chi connectivity index (χ3n) is 2.83. The molecule has 0 saturated heterocycles. The third-order valence-corrected chi connectivity index (χ3v) is 5.06. The van der Waals surface area contributed by atoms with E-state index in [0.29, 0.717) is 6.04 Å². The topological polar surface area (TPSA) is 21.3 Å². The standard InChI is InChI=1S/C15H19NOS2/c1-3-16-14(11-19-15-8-5-9-18-15)12-6-4-7-13(10-12)17-2/h4-10,14,16H,3,11H2,1-2H3. The predicted molar refractivity (Wildman–Crippen MR) is 84.5 cm³/mol. The second kappa shape index (κ2) is 7.58. The van der Waals surface area contributed by atoms with Gasteiger partial charge in [0.25, 0.3) is 0 Å². The quantitative estimate of drug-likeness (QED) is 0.773. The average molecular weight is 293 g/mol. The van der Waals surface area contributed by atoms with Gasteiger partial charge < -0.3 is 10.1 Å². The summed E-state index contributed by atoms with van der Waals surface area (Å²) in [6.45, 7) is 3.11. The first-order chi connectivity index (χ1) is 9.33. The number of hydrogen-bond acceptors (Lipinski definition) is 4. The first-order valence-corrected chi connectivity index (χ1v) is 8.23. The fourth-order valence-corrected chi connectivity index (χ4v) is 3.80. The Balaban J connectivity index is 2.05. The number of benzene rings is 1. The lowest BCUT2D eigenvalue weighted by Crippen LogP contribution is -2.22. The Morgan fingerprint density at radius 2 is 2.21 bits per heavy atom. The summed E-state index contributed by atoms with van der Waals surface area (Å²) in [5.41, 5.74) is 1.28. The van der Waals surface area contributed by atoms with Crippen LogP contribution in [0.25, 0.3) is 0 Å². The molecule has 1 aromatic heterocycles. The van der Waals surface area contributed by atoms with Crippen molar-refractivity contribution in [1.82, 2.24) is 5.32 Å². The van der Waals surface area contributed by atoms with E-state index in [-0.39, 0.29) is 0 Å². The molecule has 0 aliphatic carbocycles. The zero-order valence-corrected chi connectivity index (χ0v) is 12.9. The molecule has 1 aromatic carbocycles. The minimum absolute atomic E-state index is 0.354. The van der Waals surface area contributed by atoms with E-state index in [1.165, 1.54) is 9.77 Å². The van der Waals surface area contributed by atoms with Crippen molar-refractivity contribution >= 4 is 23.1 Å². The van der Waals surface area contributed by atoms with Crippen LogP contribution in [0.2, 0.25) is 0 Å². The number of ether oxygens (including phenoxy) is 1. The highest BCUT2D eigenvalue weighted by molar-refractivity contribution is 8.01. The molecule has 2 aromatic rings. The molecule has 0 aliphatic rings. The van der Waals surface area contributed by atoms with E-state index in [9.17, 15) is 0 Å². The van der Waals surface area contributed by atoms with Crippen molar-refractivity contribution in [3.63, 3.8) is 0 Å². The average Bonchev–Trinajstić information content (AvgIpc) is 2.97. The second-order valence-electron chi connectivity index (χ2n) is 4.13. The van der Waals surface area contributed by atoms with Gasteiger partial charge in [-0.05, 0) is 35.7 Å². The molecule has 1 atom stereocenters. The van der Waals surface area contributed by atoms with Gasteiger partial charge in [0.2, 0.25) is 0 Å². The number of thioether (sulfide) groups is 1. The molecule has 2 nitrogen and oxygen atoms in total. The second-order valence-corrected chi connectivity index (χ2v) is 6.40. The zero-order valence-electron chi connectivity index (χ0n) is 11.3. The van der Waals surface area contributed by atoms with Crippen LogP contribution in [-0.2, 0) is 0 Å². The van der Waals surface area contributed by atoms with Crippen LogP contribution in [-0.4, -0.2) is 19.4 Å². The Morgan fingerprint density at radius 3 is 2.89 bits per heavy atom. The van der Waals surface area contributed by atoms with Crippen LogP contribution in [0.5, 0.6) is 5.75 Å². The SMILES string of the molecule is CCNC(CSc1cccs1)c1cccc(OC)c1. The molecule has 1 heterocycles. The molecule has 1 N–H and O–H groups in total. The molecule has 0 bridgehead atoms. The van der Waals surface area contributed by atoms with Gasteiger partial charge in [0.1, 0.15) is 5.75 Å². The van der Waals surface area contributed by atoms with Crippen LogP contribution in [0.1, 0.15) is 18.5 Å². The summed E-state index contributed by atoms with van der Waals surface area (Å²) in [7, 11) is 1.71. The summed E-state index contributed by atoms with van der Waals surface area (Å²) in [4.78, 5) is 0. The fraction of sp³-hybridized carbons (Fsp3) is 0.333. The molecule has 2 rings (SSSR count). The lowest BCUT2D eigenvalue weighted by Gasteiger charge is -2.18. The van der Waals surface area contributed by atoms with Gasteiger partial charge in [0.05, 0.1) is 11.3 Å². The van der Waals surface area contributed by atoms with E-state index in [1.54, 1.807) is 18.4 Å². The summed E-state index contributed by atoms with van der Waals surface area (Å²) >= 11 is 3.69. The number of hydrogen-bond donors (Lipinski definition) is 1. The minimum atomic E-state index is 0.354. The van der Waals surface area contributed by atoms with Gasteiger partial charge in [-0.2, -0.15) is 0 Å². The lowest BCUT2D eigenvalue weighted by atomic mass is 10.1. The van der Waals surface area contributed by atoms with Crippen molar-refractivity contribution in [3.05, 3.63) is 47.3 Å². The summed E-state index contributed by atoms with van der Waals surface area (Å²) in [6.07, 6.45) is 0. The fourth-order valence-electron chi connectivity index (χ4n) is 1.89. The Morgan fingerprint density at radius 1 is 1.32 bits per heavy atom. The first kappa shape index (κ1) is 14.4. The van der Waals surface area contributed by atoms with E-state index in [1.807, 2.05) is 23.9 Å². The maximum atomic E-state index is 5.30. The van der Waals surface area contributed by atoms with Gasteiger partial charge in [0, 0.05) is 11.8 Å². The number of rotatable bonds is 7. The minimum Gasteiger partial charge on any atom is -0.497 e. The molecule has 1 unspecified atom stereocenters. The Kier molecular flexibility index (Phi) is 5.76. The van der Waals surface area contributed by atoms with Crippen molar-refractivity contribution in [1.29, 1.82) is 0 Å². The van der Waals surface area contributed by atoms with E-state index in [4.69, 9.17) is 4.74 Å².